The first-order chi connectivity index (χ1) is 15.6. The van der Waals surface area contributed by atoms with E-state index >= 15 is 0 Å². The van der Waals surface area contributed by atoms with Gasteiger partial charge in [0.1, 0.15) is 0 Å². The van der Waals surface area contributed by atoms with Gasteiger partial charge < -0.3 is 9.30 Å². The molecule has 2 heterocycles. The maximum atomic E-state index is 13.8. The van der Waals surface area contributed by atoms with Crippen molar-refractivity contribution in [1.82, 2.24) is 9.55 Å². The number of rotatable bonds is 8. The average Bonchev–Trinajstić information content (AvgIpc) is 3.19. The zero-order valence-electron chi connectivity index (χ0n) is 19.1. The number of carbonyl (C=O) groups is 2. The van der Waals surface area contributed by atoms with E-state index in [2.05, 4.69) is 30.5 Å². The average molecular weight is 434 g/mol. The van der Waals surface area contributed by atoms with Crippen LogP contribution in [0, 0.1) is 5.92 Å². The Balaban J connectivity index is 1.92. The zero-order chi connectivity index (χ0) is 22.7. The number of benzene rings is 2. The second kappa shape index (κ2) is 9.55. The Kier molecular flexibility index (Phi) is 6.58. The molecule has 0 radical (unpaired) electrons. The molecule has 3 aromatic rings. The van der Waals surface area contributed by atoms with Gasteiger partial charge in [-0.1, -0.05) is 63.1 Å². The summed E-state index contributed by atoms with van der Waals surface area (Å²) in [7, 11) is 0. The van der Waals surface area contributed by atoms with E-state index in [1.54, 1.807) is 11.8 Å². The molecule has 2 aromatic carbocycles. The van der Waals surface area contributed by atoms with Crippen LogP contribution < -0.4 is 4.90 Å². The van der Waals surface area contributed by atoms with Gasteiger partial charge in [-0.3, -0.25) is 14.5 Å². The first kappa shape index (κ1) is 22.1. The number of para-hydroxylation sites is 2. The predicted octanol–water partition coefficient (Wildman–Crippen LogP) is 4.90. The van der Waals surface area contributed by atoms with E-state index in [0.717, 1.165) is 42.3 Å². The normalized spacial score (nSPS) is 18.1. The van der Waals surface area contributed by atoms with Crippen LogP contribution in [-0.4, -0.2) is 34.6 Å². The number of hydrogen-bond donors (Lipinski definition) is 0. The molecule has 1 aromatic heterocycles. The van der Waals surface area contributed by atoms with Gasteiger partial charge in [0.2, 0.25) is 11.9 Å². The summed E-state index contributed by atoms with van der Waals surface area (Å²) in [6, 6.07) is 15.5. The number of fused-ring (bicyclic) bond motifs is 3. The first-order valence-electron chi connectivity index (χ1n) is 11.6. The third-order valence-corrected chi connectivity index (χ3v) is 6.20. The van der Waals surface area contributed by atoms with E-state index in [9.17, 15) is 9.59 Å². The highest BCUT2D eigenvalue weighted by Crippen LogP contribution is 2.41. The molecule has 2 atom stereocenters. The number of nitrogens with zero attached hydrogens (tertiary/aromatic N) is 3. The standard InChI is InChI=1S/C26H31N3O3/c1-4-7-10-17-28-24(30)22(25(31)32-6-3)23(19-15-13-18(5-2)14-16-19)29-21-12-9-8-11-20(21)27-26(28)29/h8-9,11-16,22-23H,4-7,10,17H2,1-3H3/t22-,23+/m1/s1. The number of imidazole rings is 1. The van der Waals surface area contributed by atoms with Gasteiger partial charge in [-0.05, 0) is 43.0 Å². The number of unbranched alkanes of at least 4 members (excludes halogenated alkanes) is 2. The van der Waals surface area contributed by atoms with Crippen molar-refractivity contribution in [3.8, 4) is 0 Å². The summed E-state index contributed by atoms with van der Waals surface area (Å²) < 4.78 is 7.47. The number of esters is 1. The Bertz CT molecular complexity index is 1100. The molecule has 0 unspecified atom stereocenters. The third-order valence-electron chi connectivity index (χ3n) is 6.20. The van der Waals surface area contributed by atoms with Crippen LogP contribution in [0.4, 0.5) is 5.95 Å². The van der Waals surface area contributed by atoms with Gasteiger partial charge in [0.15, 0.2) is 5.92 Å². The van der Waals surface area contributed by atoms with Crippen molar-refractivity contribution in [2.75, 3.05) is 18.1 Å². The Morgan fingerprint density at radius 1 is 1.03 bits per heavy atom. The summed E-state index contributed by atoms with van der Waals surface area (Å²) >= 11 is 0. The molecule has 6 heteroatoms. The molecule has 6 nitrogen and oxygen atoms in total. The Morgan fingerprint density at radius 2 is 1.78 bits per heavy atom. The summed E-state index contributed by atoms with van der Waals surface area (Å²) in [6.07, 6.45) is 3.84. The van der Waals surface area contributed by atoms with Crippen molar-refractivity contribution in [1.29, 1.82) is 0 Å². The van der Waals surface area contributed by atoms with E-state index in [-0.39, 0.29) is 12.5 Å². The molecule has 0 saturated carbocycles. The van der Waals surface area contributed by atoms with E-state index in [1.165, 1.54) is 5.56 Å². The molecule has 0 N–H and O–H groups in total. The molecular formula is C26H31N3O3. The van der Waals surface area contributed by atoms with Gasteiger partial charge in [0.25, 0.3) is 0 Å². The van der Waals surface area contributed by atoms with Crippen molar-refractivity contribution in [2.45, 2.75) is 52.5 Å². The van der Waals surface area contributed by atoms with Crippen molar-refractivity contribution >= 4 is 28.9 Å². The van der Waals surface area contributed by atoms with Crippen LogP contribution in [0.15, 0.2) is 48.5 Å². The number of ether oxygens (including phenoxy) is 1. The number of amides is 1. The second-order valence-electron chi connectivity index (χ2n) is 8.24. The highest BCUT2D eigenvalue weighted by atomic mass is 16.5. The molecule has 1 amide bonds. The highest BCUT2D eigenvalue weighted by Gasteiger charge is 2.47. The van der Waals surface area contributed by atoms with Crippen LogP contribution in [-0.2, 0) is 20.7 Å². The van der Waals surface area contributed by atoms with Crippen LogP contribution in [0.1, 0.15) is 57.2 Å². The van der Waals surface area contributed by atoms with Gasteiger partial charge in [0, 0.05) is 6.54 Å². The minimum absolute atomic E-state index is 0.230. The van der Waals surface area contributed by atoms with Gasteiger partial charge >= 0.3 is 5.97 Å². The number of aromatic nitrogens is 2. The number of carbonyl (C=O) groups excluding carboxylic acids is 2. The smallest absolute Gasteiger partial charge is 0.321 e. The lowest BCUT2D eigenvalue weighted by atomic mass is 9.88. The van der Waals surface area contributed by atoms with Crippen molar-refractivity contribution in [2.24, 2.45) is 5.92 Å². The van der Waals surface area contributed by atoms with E-state index in [1.807, 2.05) is 36.4 Å². The molecule has 0 fully saturated rings. The summed E-state index contributed by atoms with van der Waals surface area (Å²) in [5, 5.41) is 0. The van der Waals surface area contributed by atoms with Gasteiger partial charge in [0.05, 0.1) is 23.7 Å². The van der Waals surface area contributed by atoms with Crippen LogP contribution in [0.2, 0.25) is 0 Å². The monoisotopic (exact) mass is 433 g/mol. The fourth-order valence-corrected chi connectivity index (χ4v) is 4.53. The summed E-state index contributed by atoms with van der Waals surface area (Å²) in [5.41, 5.74) is 3.84. The lowest BCUT2D eigenvalue weighted by Gasteiger charge is -2.38. The Labute approximate surface area is 189 Å². The second-order valence-corrected chi connectivity index (χ2v) is 8.24. The fourth-order valence-electron chi connectivity index (χ4n) is 4.53. The molecular weight excluding hydrogens is 402 g/mol. The maximum Gasteiger partial charge on any atom is 0.321 e. The minimum Gasteiger partial charge on any atom is -0.465 e. The number of anilines is 1. The first-order valence-corrected chi connectivity index (χ1v) is 11.6. The molecule has 168 valence electrons. The number of aryl methyl sites for hydroxylation is 1. The molecule has 0 aliphatic carbocycles. The van der Waals surface area contributed by atoms with Crippen LogP contribution in [0.25, 0.3) is 11.0 Å². The lowest BCUT2D eigenvalue weighted by Crippen LogP contribution is -2.50. The lowest BCUT2D eigenvalue weighted by molar-refractivity contribution is -0.153. The van der Waals surface area contributed by atoms with Gasteiger partial charge in [-0.2, -0.15) is 0 Å². The van der Waals surface area contributed by atoms with Crippen molar-refractivity contribution in [3.63, 3.8) is 0 Å². The molecule has 32 heavy (non-hydrogen) atoms. The van der Waals surface area contributed by atoms with Crippen LogP contribution in [0.5, 0.6) is 0 Å². The molecule has 0 spiro atoms. The Morgan fingerprint density at radius 3 is 2.47 bits per heavy atom. The van der Waals surface area contributed by atoms with E-state index < -0.39 is 17.9 Å². The van der Waals surface area contributed by atoms with Gasteiger partial charge in [-0.15, -0.1) is 0 Å². The highest BCUT2D eigenvalue weighted by molar-refractivity contribution is 6.08. The molecule has 0 bridgehead atoms. The molecule has 4 rings (SSSR count). The molecule has 1 aliphatic heterocycles. The third kappa shape index (κ3) is 3.90. The zero-order valence-corrected chi connectivity index (χ0v) is 19.1. The minimum atomic E-state index is -0.950. The fraction of sp³-hybridized carbons (Fsp3) is 0.423. The van der Waals surface area contributed by atoms with Crippen molar-refractivity contribution in [3.05, 3.63) is 59.7 Å². The SMILES string of the molecule is CCCCCN1C(=O)[C@H](C(=O)OCC)[C@H](c2ccc(CC)cc2)n2c1nc1ccccc12. The van der Waals surface area contributed by atoms with E-state index in [4.69, 9.17) is 9.72 Å². The predicted molar refractivity (Wildman–Crippen MR) is 126 cm³/mol. The van der Waals surface area contributed by atoms with Gasteiger partial charge in [-0.25, -0.2) is 4.98 Å². The summed E-state index contributed by atoms with van der Waals surface area (Å²) in [4.78, 5) is 33.4. The Hall–Kier alpha value is -3.15. The van der Waals surface area contributed by atoms with Crippen LogP contribution in [0.3, 0.4) is 0 Å². The largest absolute Gasteiger partial charge is 0.465 e. The quantitative estimate of drug-likeness (QED) is 0.288. The maximum absolute atomic E-state index is 13.8. The van der Waals surface area contributed by atoms with Crippen molar-refractivity contribution < 1.29 is 14.3 Å². The van der Waals surface area contributed by atoms with Crippen LogP contribution >= 0.6 is 0 Å². The molecule has 1 aliphatic rings. The summed E-state index contributed by atoms with van der Waals surface area (Å²) in [6.45, 7) is 6.78. The molecule has 0 saturated heterocycles. The number of hydrogen-bond acceptors (Lipinski definition) is 4. The summed E-state index contributed by atoms with van der Waals surface area (Å²) in [5.74, 6) is -1.05. The van der Waals surface area contributed by atoms with E-state index in [0.29, 0.717) is 12.5 Å². The topological polar surface area (TPSA) is 64.4 Å².